The zero-order chi connectivity index (χ0) is 25.5. The molecule has 9 heteroatoms. The Morgan fingerprint density at radius 3 is 2.36 bits per heavy atom. The highest BCUT2D eigenvalue weighted by molar-refractivity contribution is 7.99. The van der Waals surface area contributed by atoms with Gasteiger partial charge < -0.3 is 18.8 Å². The van der Waals surface area contributed by atoms with Gasteiger partial charge in [-0.1, -0.05) is 12.1 Å². The van der Waals surface area contributed by atoms with E-state index in [0.717, 1.165) is 33.9 Å². The largest absolute Gasteiger partial charge is 0.497 e. The number of aryl methyl sites for hydroxylation is 1. The third-order valence-corrected chi connectivity index (χ3v) is 6.68. The molecule has 0 saturated heterocycles. The van der Waals surface area contributed by atoms with Gasteiger partial charge in [-0.15, -0.1) is 0 Å². The molecule has 4 aromatic rings. The van der Waals surface area contributed by atoms with Gasteiger partial charge in [-0.05, 0) is 66.8 Å². The molecule has 186 valence electrons. The van der Waals surface area contributed by atoms with Gasteiger partial charge in [0.1, 0.15) is 35.4 Å². The Morgan fingerprint density at radius 1 is 1.03 bits per heavy atom. The van der Waals surface area contributed by atoms with Crippen molar-refractivity contribution in [1.29, 1.82) is 0 Å². The first-order valence-electron chi connectivity index (χ1n) is 11.3. The predicted octanol–water partition coefficient (Wildman–Crippen LogP) is 4.50. The first-order valence-corrected chi connectivity index (χ1v) is 12.6. The molecule has 4 rings (SSSR count). The number of hydrogen-bond acceptors (Lipinski definition) is 7. The first-order chi connectivity index (χ1) is 17.5. The number of ether oxygens (including phenoxy) is 3. The number of benzene rings is 3. The average Bonchev–Trinajstić information content (AvgIpc) is 3.22. The van der Waals surface area contributed by atoms with Crippen LogP contribution in [0.5, 0.6) is 23.0 Å². The van der Waals surface area contributed by atoms with Gasteiger partial charge in [0.25, 0.3) is 0 Å². The summed E-state index contributed by atoms with van der Waals surface area (Å²) < 4.78 is 19.1. The number of rotatable bonds is 11. The Kier molecular flexibility index (Phi) is 8.12. The molecule has 0 radical (unpaired) electrons. The normalized spacial score (nSPS) is 11.6. The highest BCUT2D eigenvalue weighted by Gasteiger charge is 2.17. The molecule has 36 heavy (non-hydrogen) atoms. The second-order valence-electron chi connectivity index (χ2n) is 8.00. The van der Waals surface area contributed by atoms with Gasteiger partial charge in [0.05, 0.1) is 23.4 Å². The van der Waals surface area contributed by atoms with Gasteiger partial charge in [0.2, 0.25) is 12.3 Å². The first kappa shape index (κ1) is 25.1. The quantitative estimate of drug-likeness (QED) is 0.300. The fourth-order valence-corrected chi connectivity index (χ4v) is 4.35. The van der Waals surface area contributed by atoms with Crippen LogP contribution in [0.4, 0.5) is 0 Å². The van der Waals surface area contributed by atoms with E-state index in [2.05, 4.69) is 5.32 Å². The van der Waals surface area contributed by atoms with E-state index >= 15 is 0 Å². The van der Waals surface area contributed by atoms with E-state index in [-0.39, 0.29) is 11.2 Å². The maximum atomic E-state index is 11.9. The van der Waals surface area contributed by atoms with E-state index in [1.807, 2.05) is 84.6 Å². The maximum absolute atomic E-state index is 11.9. The summed E-state index contributed by atoms with van der Waals surface area (Å²) in [6.07, 6.45) is 2.78. The van der Waals surface area contributed by atoms with Crippen molar-refractivity contribution in [2.75, 3.05) is 13.4 Å². The fraction of sp³-hybridized carbons (Fsp3) is 0.222. The smallest absolute Gasteiger partial charge is 0.239 e. The van der Waals surface area contributed by atoms with Gasteiger partial charge in [-0.3, -0.25) is 14.9 Å². The molecule has 1 aromatic heterocycles. The van der Waals surface area contributed by atoms with Crippen molar-refractivity contribution in [3.8, 4) is 23.0 Å². The van der Waals surface area contributed by atoms with Crippen LogP contribution in [0.15, 0.2) is 66.7 Å². The van der Waals surface area contributed by atoms with Crippen LogP contribution in [0.2, 0.25) is 0 Å². The summed E-state index contributed by atoms with van der Waals surface area (Å²) in [7, 11) is 3.57. The molecule has 0 aliphatic rings. The second-order valence-corrected chi connectivity index (χ2v) is 9.04. The number of methoxy groups -OCH3 is 1. The van der Waals surface area contributed by atoms with Crippen molar-refractivity contribution in [3.05, 3.63) is 78.1 Å². The predicted molar refractivity (Wildman–Crippen MR) is 140 cm³/mol. The molecule has 1 atom stereocenters. The molecule has 1 heterocycles. The molecule has 0 bridgehead atoms. The average molecular weight is 506 g/mol. The van der Waals surface area contributed by atoms with Gasteiger partial charge >= 0.3 is 0 Å². The van der Waals surface area contributed by atoms with Crippen LogP contribution in [-0.2, 0) is 29.7 Å². The van der Waals surface area contributed by atoms with Crippen molar-refractivity contribution in [2.24, 2.45) is 7.05 Å². The molecule has 0 saturated carbocycles. The number of nitrogens with zero attached hydrogens (tertiary/aromatic N) is 2. The molecule has 3 aromatic carbocycles. The molecule has 1 unspecified atom stereocenters. The molecule has 0 spiro atoms. The highest BCUT2D eigenvalue weighted by Crippen LogP contribution is 2.27. The lowest BCUT2D eigenvalue weighted by molar-refractivity contribution is -0.124. The Labute approximate surface area is 213 Å². The Hall–Kier alpha value is -3.98. The summed E-state index contributed by atoms with van der Waals surface area (Å²) in [5, 5.41) is 1.88. The Morgan fingerprint density at radius 2 is 1.69 bits per heavy atom. The summed E-state index contributed by atoms with van der Waals surface area (Å²) in [5.74, 6) is 3.39. The van der Waals surface area contributed by atoms with Crippen LogP contribution in [0.3, 0.4) is 0 Å². The number of hydrogen-bond donors (Lipinski definition) is 1. The third-order valence-electron chi connectivity index (χ3n) is 5.73. The van der Waals surface area contributed by atoms with Gasteiger partial charge in [-0.25, -0.2) is 4.98 Å². The molecule has 0 aliphatic carbocycles. The van der Waals surface area contributed by atoms with E-state index in [9.17, 15) is 9.59 Å². The van der Waals surface area contributed by atoms with Crippen molar-refractivity contribution in [3.63, 3.8) is 0 Å². The number of nitrogens with one attached hydrogen (secondary N) is 1. The third kappa shape index (κ3) is 5.98. The molecule has 1 N–H and O–H groups in total. The van der Waals surface area contributed by atoms with Gasteiger partial charge in [0.15, 0.2) is 0 Å². The maximum Gasteiger partial charge on any atom is 0.239 e. The summed E-state index contributed by atoms with van der Waals surface area (Å²) in [6, 6.07) is 20.8. The number of carbonyl (C=O) groups is 2. The summed E-state index contributed by atoms with van der Waals surface area (Å²) in [4.78, 5) is 27.2. The van der Waals surface area contributed by atoms with Crippen molar-refractivity contribution < 1.29 is 23.8 Å². The fourth-order valence-electron chi connectivity index (χ4n) is 3.71. The number of fused-ring (bicyclic) bond motifs is 1. The number of carbonyl (C=O) groups excluding carboxylic acids is 2. The summed E-state index contributed by atoms with van der Waals surface area (Å²) >= 11 is 1.40. The summed E-state index contributed by atoms with van der Waals surface area (Å²) in [6.45, 7) is 0.300. The van der Waals surface area contributed by atoms with Crippen molar-refractivity contribution in [1.82, 2.24) is 14.9 Å². The molecular weight excluding hydrogens is 478 g/mol. The lowest BCUT2D eigenvalue weighted by Crippen LogP contribution is -2.32. The number of imidazole rings is 1. The minimum Gasteiger partial charge on any atom is -0.497 e. The van der Waals surface area contributed by atoms with Crippen LogP contribution < -0.4 is 19.5 Å². The van der Waals surface area contributed by atoms with Gasteiger partial charge in [0, 0.05) is 13.1 Å². The van der Waals surface area contributed by atoms with E-state index in [4.69, 9.17) is 19.2 Å². The Balaban J connectivity index is 1.40. The van der Waals surface area contributed by atoms with Crippen LogP contribution in [0.1, 0.15) is 11.4 Å². The zero-order valence-electron chi connectivity index (χ0n) is 20.3. The van der Waals surface area contributed by atoms with E-state index in [1.165, 1.54) is 11.8 Å². The van der Waals surface area contributed by atoms with E-state index < -0.39 is 0 Å². The molecule has 0 aliphatic heterocycles. The molecule has 2 amide bonds. The standard InChI is InChI=1S/C27H27N3O5S/c1-30-24-15-22(35-21-10-8-19(33-2)9-11-21)12-13-23(24)29-26(30)16-34-20-6-4-18(5-7-20)14-25(36-3)27(32)28-17-31/h4-13,15,17,25H,14,16H2,1-3H3,(H,28,31,32). The van der Waals surface area contributed by atoms with Gasteiger partial charge in [-0.2, -0.15) is 11.8 Å². The number of thioether (sulfide) groups is 1. The molecule has 8 nitrogen and oxygen atoms in total. The van der Waals surface area contributed by atoms with Crippen LogP contribution in [0.25, 0.3) is 11.0 Å². The highest BCUT2D eigenvalue weighted by atomic mass is 32.2. The van der Waals surface area contributed by atoms with E-state index in [0.29, 0.717) is 30.9 Å². The number of imide groups is 1. The molecular formula is C27H27N3O5S. The molecule has 0 fully saturated rings. The topological polar surface area (TPSA) is 91.7 Å². The number of amides is 2. The van der Waals surface area contributed by atoms with Crippen molar-refractivity contribution in [2.45, 2.75) is 18.3 Å². The minimum atomic E-state index is -0.333. The lowest BCUT2D eigenvalue weighted by Gasteiger charge is -2.13. The van der Waals surface area contributed by atoms with Crippen LogP contribution in [0, 0.1) is 0 Å². The minimum absolute atomic E-state index is 0.294. The zero-order valence-corrected chi connectivity index (χ0v) is 21.1. The number of aromatic nitrogens is 2. The summed E-state index contributed by atoms with van der Waals surface area (Å²) in [5.41, 5.74) is 2.77. The van der Waals surface area contributed by atoms with Crippen LogP contribution in [-0.4, -0.2) is 40.5 Å². The SMILES string of the molecule is COc1ccc(Oc2ccc3nc(COc4ccc(CC(SC)C(=O)NC=O)cc4)n(C)c3c2)cc1. The van der Waals surface area contributed by atoms with Crippen molar-refractivity contribution >= 4 is 35.1 Å². The second kappa shape index (κ2) is 11.6. The Bertz CT molecular complexity index is 1340. The lowest BCUT2D eigenvalue weighted by atomic mass is 10.1. The monoisotopic (exact) mass is 505 g/mol. The van der Waals surface area contributed by atoms with Crippen LogP contribution >= 0.6 is 11.8 Å². The van der Waals surface area contributed by atoms with E-state index in [1.54, 1.807) is 7.11 Å².